The van der Waals surface area contributed by atoms with E-state index in [1.165, 1.54) is 11.8 Å². The summed E-state index contributed by atoms with van der Waals surface area (Å²) in [5.74, 6) is -0.118. The summed E-state index contributed by atoms with van der Waals surface area (Å²) in [7, 11) is 0. The van der Waals surface area contributed by atoms with Gasteiger partial charge in [-0.3, -0.25) is 29.8 Å². The summed E-state index contributed by atoms with van der Waals surface area (Å²) in [6.45, 7) is 5.38. The average Bonchev–Trinajstić information content (AvgIpc) is 2.77. The smallest absolute Gasteiger partial charge is 0.279 e. The monoisotopic (exact) mass is 487 g/mol. The van der Waals surface area contributed by atoms with E-state index in [1.807, 2.05) is 6.92 Å². The van der Waals surface area contributed by atoms with E-state index in [1.54, 1.807) is 13.0 Å². The summed E-state index contributed by atoms with van der Waals surface area (Å²) in [6.07, 6.45) is 0.908. The van der Waals surface area contributed by atoms with Gasteiger partial charge in [-0.25, -0.2) is 0 Å². The Morgan fingerprint density at radius 1 is 1.03 bits per heavy atom. The molecule has 11 heteroatoms. The van der Waals surface area contributed by atoms with Crippen LogP contribution in [0.3, 0.4) is 0 Å². The van der Waals surface area contributed by atoms with Crippen molar-refractivity contribution in [3.63, 3.8) is 0 Å². The van der Waals surface area contributed by atoms with Crippen LogP contribution in [0.15, 0.2) is 18.2 Å². The number of nitro benzene ring substituents is 2. The number of nitro groups is 2. The zero-order chi connectivity index (χ0) is 24.9. The number of likely N-dealkylation sites (tertiary alicyclic amines) is 1. The highest BCUT2D eigenvalue weighted by atomic mass is 35.5. The number of amides is 1. The fourth-order valence-electron chi connectivity index (χ4n) is 4.77. The predicted molar refractivity (Wildman–Crippen MR) is 123 cm³/mol. The fourth-order valence-corrected chi connectivity index (χ4v) is 4.91. The number of ketones is 1. The van der Waals surface area contributed by atoms with Gasteiger partial charge in [0.2, 0.25) is 0 Å². The molecule has 2 aliphatic heterocycles. The van der Waals surface area contributed by atoms with E-state index in [4.69, 9.17) is 16.3 Å². The number of carbonyl (C=O) groups excluding carboxylic acids is 2. The molecule has 1 spiro atoms. The van der Waals surface area contributed by atoms with Gasteiger partial charge in [-0.05, 0) is 38.0 Å². The molecule has 0 saturated carbocycles. The topological polar surface area (TPSA) is 133 Å². The first-order valence-electron chi connectivity index (χ1n) is 10.7. The van der Waals surface area contributed by atoms with Crippen LogP contribution >= 0.6 is 11.6 Å². The van der Waals surface area contributed by atoms with Crippen molar-refractivity contribution in [2.75, 3.05) is 13.1 Å². The zero-order valence-corrected chi connectivity index (χ0v) is 19.6. The number of hydrogen-bond donors (Lipinski definition) is 0. The third-order valence-electron chi connectivity index (χ3n) is 6.69. The highest BCUT2D eigenvalue weighted by Gasteiger charge is 2.44. The summed E-state index contributed by atoms with van der Waals surface area (Å²) >= 11 is 6.30. The molecule has 0 bridgehead atoms. The van der Waals surface area contributed by atoms with Crippen molar-refractivity contribution < 1.29 is 24.2 Å². The molecule has 2 aromatic carbocycles. The molecule has 0 aromatic heterocycles. The van der Waals surface area contributed by atoms with Crippen LogP contribution < -0.4 is 4.74 Å². The SMILES string of the molecule is Cc1cc2c(c(C)c1Cl)C(=O)CC1(CCN(C(=O)c3cc([N+](=O)[O-])c(C)c([N+](=O)[O-])c3)CC1)O2. The molecule has 178 valence electrons. The molecule has 2 aliphatic rings. The quantitative estimate of drug-likeness (QED) is 0.451. The van der Waals surface area contributed by atoms with Crippen molar-refractivity contribution in [1.82, 2.24) is 4.90 Å². The van der Waals surface area contributed by atoms with Gasteiger partial charge >= 0.3 is 0 Å². The van der Waals surface area contributed by atoms with Crippen LogP contribution in [0.1, 0.15) is 56.7 Å². The van der Waals surface area contributed by atoms with Gasteiger partial charge < -0.3 is 9.64 Å². The maximum absolute atomic E-state index is 13.1. The Kier molecular flexibility index (Phi) is 5.80. The van der Waals surface area contributed by atoms with E-state index < -0.39 is 32.7 Å². The Morgan fingerprint density at radius 3 is 2.12 bits per heavy atom. The highest BCUT2D eigenvalue weighted by Crippen LogP contribution is 2.43. The van der Waals surface area contributed by atoms with Crippen molar-refractivity contribution in [3.8, 4) is 5.75 Å². The summed E-state index contributed by atoms with van der Waals surface area (Å²) < 4.78 is 6.30. The Bertz CT molecular complexity index is 1230. The molecule has 0 aliphatic carbocycles. The van der Waals surface area contributed by atoms with Crippen LogP contribution in [0, 0.1) is 41.0 Å². The molecule has 1 saturated heterocycles. The second kappa shape index (κ2) is 8.35. The summed E-state index contributed by atoms with van der Waals surface area (Å²) in [5.41, 5.74) is 0.0262. The first kappa shape index (κ1) is 23.6. The fraction of sp³-hybridized carbons (Fsp3) is 0.391. The zero-order valence-electron chi connectivity index (χ0n) is 18.8. The minimum atomic E-state index is -0.765. The Balaban J connectivity index is 1.57. The van der Waals surface area contributed by atoms with E-state index in [0.717, 1.165) is 17.7 Å². The van der Waals surface area contributed by atoms with Gasteiger partial charge in [0.1, 0.15) is 16.9 Å². The van der Waals surface area contributed by atoms with Gasteiger partial charge in [-0.15, -0.1) is 0 Å². The minimum Gasteiger partial charge on any atom is -0.486 e. The molecule has 34 heavy (non-hydrogen) atoms. The van der Waals surface area contributed by atoms with Crippen molar-refractivity contribution in [3.05, 3.63) is 71.3 Å². The molecular weight excluding hydrogens is 466 g/mol. The van der Waals surface area contributed by atoms with E-state index in [0.29, 0.717) is 34.7 Å². The molecular formula is C23H22ClN3O7. The highest BCUT2D eigenvalue weighted by molar-refractivity contribution is 6.32. The van der Waals surface area contributed by atoms with Crippen molar-refractivity contribution in [2.45, 2.75) is 45.6 Å². The molecule has 2 aromatic rings. The number of rotatable bonds is 3. The first-order chi connectivity index (χ1) is 15.9. The lowest BCUT2D eigenvalue weighted by Crippen LogP contribution is -2.52. The minimum absolute atomic E-state index is 0.0646. The van der Waals surface area contributed by atoms with Crippen LogP contribution in [0.5, 0.6) is 5.75 Å². The summed E-state index contributed by atoms with van der Waals surface area (Å²) in [6, 6.07) is 3.90. The van der Waals surface area contributed by atoms with Crippen molar-refractivity contribution in [2.24, 2.45) is 0 Å². The molecule has 0 unspecified atom stereocenters. The van der Waals surface area contributed by atoms with Crippen LogP contribution in [0.2, 0.25) is 5.02 Å². The Morgan fingerprint density at radius 2 is 1.59 bits per heavy atom. The summed E-state index contributed by atoms with van der Waals surface area (Å²) in [4.78, 5) is 48.8. The number of ether oxygens (including phenoxy) is 1. The number of carbonyl (C=O) groups is 2. The van der Waals surface area contributed by atoms with Gasteiger partial charge in [-0.1, -0.05) is 11.6 Å². The Labute approximate surface area is 199 Å². The lowest BCUT2D eigenvalue weighted by Gasteiger charge is -2.44. The first-order valence-corrected chi connectivity index (χ1v) is 11.1. The molecule has 4 rings (SSSR count). The van der Waals surface area contributed by atoms with Crippen LogP contribution in [0.25, 0.3) is 0 Å². The molecule has 1 amide bonds. The van der Waals surface area contributed by atoms with E-state index in [-0.39, 0.29) is 36.4 Å². The lowest BCUT2D eigenvalue weighted by molar-refractivity contribution is -0.395. The standard InChI is InChI=1S/C23H22ClN3O7/c1-12-8-19-20(14(3)21(12)24)18(28)11-23(34-19)4-6-25(7-5-23)22(29)15-9-16(26(30)31)13(2)17(10-15)27(32)33/h8-10H,4-7,11H2,1-3H3. The lowest BCUT2D eigenvalue weighted by atomic mass is 9.81. The third-order valence-corrected chi connectivity index (χ3v) is 7.27. The second-order valence-electron chi connectivity index (χ2n) is 8.84. The van der Waals surface area contributed by atoms with Crippen LogP contribution in [-0.4, -0.2) is 45.1 Å². The van der Waals surface area contributed by atoms with E-state index >= 15 is 0 Å². The van der Waals surface area contributed by atoms with Crippen LogP contribution in [0.4, 0.5) is 11.4 Å². The predicted octanol–water partition coefficient (Wildman–Crippen LogP) is 4.72. The van der Waals surface area contributed by atoms with E-state index in [9.17, 15) is 29.8 Å². The molecule has 2 heterocycles. The van der Waals surface area contributed by atoms with Gasteiger partial charge in [0.25, 0.3) is 17.3 Å². The summed E-state index contributed by atoms with van der Waals surface area (Å²) in [5, 5.41) is 23.2. The number of piperidine rings is 1. The maximum Gasteiger partial charge on any atom is 0.279 e. The maximum atomic E-state index is 13.1. The number of hydrogen-bond acceptors (Lipinski definition) is 7. The number of fused-ring (bicyclic) bond motifs is 1. The average molecular weight is 488 g/mol. The molecule has 0 atom stereocenters. The number of halogens is 1. The number of aryl methyl sites for hydroxylation is 1. The number of nitrogens with zero attached hydrogens (tertiary/aromatic N) is 3. The largest absolute Gasteiger partial charge is 0.486 e. The van der Waals surface area contributed by atoms with Gasteiger partial charge in [0.15, 0.2) is 5.78 Å². The second-order valence-corrected chi connectivity index (χ2v) is 9.21. The number of benzene rings is 2. The van der Waals surface area contributed by atoms with Crippen molar-refractivity contribution >= 4 is 34.7 Å². The molecule has 0 radical (unpaired) electrons. The third kappa shape index (κ3) is 3.87. The van der Waals surface area contributed by atoms with Gasteiger partial charge in [0.05, 0.1) is 27.4 Å². The Hall–Kier alpha value is -3.53. The molecule has 0 N–H and O–H groups in total. The molecule has 10 nitrogen and oxygen atoms in total. The van der Waals surface area contributed by atoms with Crippen molar-refractivity contribution in [1.29, 1.82) is 0 Å². The number of Topliss-reactive ketones (excluding diaryl/α,β-unsaturated/α-hetero) is 1. The molecule has 1 fully saturated rings. The van der Waals surface area contributed by atoms with Crippen LogP contribution in [-0.2, 0) is 0 Å². The van der Waals surface area contributed by atoms with E-state index in [2.05, 4.69) is 0 Å². The van der Waals surface area contributed by atoms with Gasteiger partial charge in [-0.2, -0.15) is 0 Å². The normalized spacial score (nSPS) is 16.7. The van der Waals surface area contributed by atoms with Gasteiger partial charge in [0, 0.05) is 43.1 Å².